The van der Waals surface area contributed by atoms with E-state index >= 15 is 0 Å². The summed E-state index contributed by atoms with van der Waals surface area (Å²) in [7, 11) is 0. The van der Waals surface area contributed by atoms with Crippen LogP contribution < -0.4 is 10.6 Å². The van der Waals surface area contributed by atoms with Gasteiger partial charge in [0.05, 0.1) is 29.5 Å². The zero-order chi connectivity index (χ0) is 35.5. The second-order valence-corrected chi connectivity index (χ2v) is 14.6. The fourth-order valence-electron chi connectivity index (χ4n) is 7.01. The zero-order valence-corrected chi connectivity index (χ0v) is 29.4. The van der Waals surface area contributed by atoms with Gasteiger partial charge in [0, 0.05) is 29.9 Å². The lowest BCUT2D eigenvalue weighted by Gasteiger charge is -2.46. The van der Waals surface area contributed by atoms with Crippen LogP contribution in [0, 0.1) is 11.2 Å². The Hall–Kier alpha value is -4.47. The molecule has 3 atom stereocenters. The topological polar surface area (TPSA) is 102 Å². The molecule has 1 aliphatic rings. The van der Waals surface area contributed by atoms with E-state index in [1.807, 2.05) is 95.3 Å². The van der Waals surface area contributed by atoms with Crippen molar-refractivity contribution < 1.29 is 28.6 Å². The number of hydrogen-bond donors (Lipinski definition) is 3. The monoisotopic (exact) mass is 669 g/mol. The predicted octanol–water partition coefficient (Wildman–Crippen LogP) is 9.32. The van der Waals surface area contributed by atoms with Crippen molar-refractivity contribution in [3.63, 3.8) is 0 Å². The SMILES string of the molecule is CC(C)c1c(C(=O)Nc2ccccc2)c(-c2ccccc2)c(-c2ccc(F)cc2)n1CC[C@@H]1C[C@H](C(NC(=O)O)C(C)(C)C)OC(C)(C)O1. The van der Waals surface area contributed by atoms with Gasteiger partial charge in [0.1, 0.15) is 5.82 Å². The number of anilines is 1. The van der Waals surface area contributed by atoms with E-state index in [2.05, 4.69) is 29.0 Å². The number of carboxylic acid groups (broad SMARTS) is 1. The summed E-state index contributed by atoms with van der Waals surface area (Å²) in [5.41, 5.74) is 4.94. The molecular weight excluding hydrogens is 621 g/mol. The number of aromatic nitrogens is 1. The van der Waals surface area contributed by atoms with Crippen LogP contribution in [0.3, 0.4) is 0 Å². The quantitative estimate of drug-likeness (QED) is 0.156. The number of hydrogen-bond acceptors (Lipinski definition) is 4. The Kier molecular flexibility index (Phi) is 10.6. The van der Waals surface area contributed by atoms with Gasteiger partial charge >= 0.3 is 6.09 Å². The first kappa shape index (κ1) is 35.8. The standard InChI is InChI=1S/C40H48FN3O5/c1-25(2)34-33(37(45)42-29-16-12-9-13-17-29)32(26-14-10-8-11-15-26)35(27-18-20-28(41)21-19-27)44(34)23-22-30-24-31(49-40(6,7)48-30)36(39(3,4)5)43-38(46)47/h8-21,25,30-31,36,43H,22-24H2,1-7H3,(H,42,45)(H,46,47)/t30-,31-,36?/m1/s1. The summed E-state index contributed by atoms with van der Waals surface area (Å²) in [6.45, 7) is 14.3. The molecule has 0 spiro atoms. The number of amides is 2. The molecule has 1 aromatic heterocycles. The molecule has 260 valence electrons. The summed E-state index contributed by atoms with van der Waals surface area (Å²) in [5.74, 6) is -1.59. The molecule has 5 rings (SSSR count). The smallest absolute Gasteiger partial charge is 0.404 e. The van der Waals surface area contributed by atoms with Crippen LogP contribution in [0.2, 0.25) is 0 Å². The third kappa shape index (κ3) is 8.40. The van der Waals surface area contributed by atoms with E-state index in [1.54, 1.807) is 12.1 Å². The molecule has 1 fully saturated rings. The molecule has 0 radical (unpaired) electrons. The van der Waals surface area contributed by atoms with Crippen LogP contribution in [0.25, 0.3) is 22.4 Å². The van der Waals surface area contributed by atoms with Gasteiger partial charge in [-0.05, 0) is 79.1 Å². The molecule has 4 aromatic rings. The lowest BCUT2D eigenvalue weighted by molar-refractivity contribution is -0.308. The Morgan fingerprint density at radius 2 is 1.55 bits per heavy atom. The largest absolute Gasteiger partial charge is 0.465 e. The van der Waals surface area contributed by atoms with Crippen molar-refractivity contribution in [2.75, 3.05) is 5.32 Å². The van der Waals surface area contributed by atoms with E-state index in [-0.39, 0.29) is 23.7 Å². The third-order valence-corrected chi connectivity index (χ3v) is 8.93. The van der Waals surface area contributed by atoms with Gasteiger partial charge < -0.3 is 29.8 Å². The van der Waals surface area contributed by atoms with Crippen LogP contribution in [0.4, 0.5) is 14.9 Å². The number of nitrogens with one attached hydrogen (secondary N) is 2. The molecule has 9 heteroatoms. The second kappa shape index (κ2) is 14.6. The first-order chi connectivity index (χ1) is 23.1. The van der Waals surface area contributed by atoms with Gasteiger partial charge in [0.25, 0.3) is 5.91 Å². The van der Waals surface area contributed by atoms with Gasteiger partial charge in [-0.2, -0.15) is 0 Å². The van der Waals surface area contributed by atoms with Gasteiger partial charge in [-0.25, -0.2) is 9.18 Å². The third-order valence-electron chi connectivity index (χ3n) is 8.93. The van der Waals surface area contributed by atoms with Gasteiger partial charge in [-0.1, -0.05) is 83.1 Å². The number of carbonyl (C=O) groups excluding carboxylic acids is 1. The predicted molar refractivity (Wildman–Crippen MR) is 191 cm³/mol. The van der Waals surface area contributed by atoms with Crippen molar-refractivity contribution >= 4 is 17.7 Å². The molecule has 1 unspecified atom stereocenters. The minimum Gasteiger partial charge on any atom is -0.465 e. The van der Waals surface area contributed by atoms with Gasteiger partial charge in [0.2, 0.25) is 0 Å². The molecule has 3 N–H and O–H groups in total. The maximum absolute atomic E-state index is 14.4. The molecular formula is C40H48FN3O5. The second-order valence-electron chi connectivity index (χ2n) is 14.6. The number of halogens is 1. The van der Waals surface area contributed by atoms with Crippen LogP contribution >= 0.6 is 0 Å². The Labute approximate surface area is 288 Å². The molecule has 49 heavy (non-hydrogen) atoms. The highest BCUT2D eigenvalue weighted by Crippen LogP contribution is 2.43. The number of benzene rings is 3. The summed E-state index contributed by atoms with van der Waals surface area (Å²) in [5, 5.41) is 15.5. The van der Waals surface area contributed by atoms with Gasteiger partial charge in [-0.3, -0.25) is 4.79 Å². The van der Waals surface area contributed by atoms with Crippen LogP contribution in [-0.4, -0.2) is 45.7 Å². The Bertz CT molecular complexity index is 1740. The summed E-state index contributed by atoms with van der Waals surface area (Å²) in [6, 6.07) is 25.1. The van der Waals surface area contributed by atoms with E-state index in [0.717, 1.165) is 28.1 Å². The van der Waals surface area contributed by atoms with Crippen molar-refractivity contribution in [1.29, 1.82) is 0 Å². The van der Waals surface area contributed by atoms with E-state index in [1.165, 1.54) is 12.1 Å². The van der Waals surface area contributed by atoms with Crippen molar-refractivity contribution in [2.45, 2.75) is 97.8 Å². The number of ether oxygens (including phenoxy) is 2. The fourth-order valence-corrected chi connectivity index (χ4v) is 7.01. The lowest BCUT2D eigenvalue weighted by Crippen LogP contribution is -2.58. The molecule has 3 aromatic carbocycles. The van der Waals surface area contributed by atoms with Crippen LogP contribution in [0.1, 0.15) is 83.3 Å². The average Bonchev–Trinajstić information content (AvgIpc) is 3.38. The summed E-state index contributed by atoms with van der Waals surface area (Å²) in [6.07, 6.45) is -0.772. The summed E-state index contributed by atoms with van der Waals surface area (Å²) >= 11 is 0. The average molecular weight is 670 g/mol. The lowest BCUT2D eigenvalue weighted by atomic mass is 9.81. The molecule has 0 saturated carbocycles. The van der Waals surface area contributed by atoms with E-state index in [0.29, 0.717) is 30.6 Å². The summed E-state index contributed by atoms with van der Waals surface area (Å²) < 4.78 is 29.3. The van der Waals surface area contributed by atoms with Crippen LogP contribution in [0.15, 0.2) is 84.9 Å². The normalized spacial score (nSPS) is 18.2. The highest BCUT2D eigenvalue weighted by molar-refractivity contribution is 6.12. The van der Waals surface area contributed by atoms with E-state index in [9.17, 15) is 19.1 Å². The maximum atomic E-state index is 14.4. The molecule has 8 nitrogen and oxygen atoms in total. The minimum atomic E-state index is -1.10. The molecule has 0 bridgehead atoms. The van der Waals surface area contributed by atoms with E-state index < -0.39 is 29.4 Å². The van der Waals surface area contributed by atoms with Crippen molar-refractivity contribution in [3.05, 3.63) is 102 Å². The van der Waals surface area contributed by atoms with Crippen LogP contribution in [0.5, 0.6) is 0 Å². The molecule has 2 heterocycles. The fraction of sp³-hybridized carbons (Fsp3) is 0.400. The van der Waals surface area contributed by atoms with Crippen molar-refractivity contribution in [1.82, 2.24) is 9.88 Å². The molecule has 2 amide bonds. The molecule has 1 saturated heterocycles. The number of carbonyl (C=O) groups is 2. The van der Waals surface area contributed by atoms with Crippen LogP contribution in [-0.2, 0) is 16.0 Å². The first-order valence-corrected chi connectivity index (χ1v) is 16.9. The molecule has 1 aliphatic heterocycles. The number of para-hydroxylation sites is 1. The minimum absolute atomic E-state index is 0.0574. The Morgan fingerprint density at radius 1 is 0.939 bits per heavy atom. The van der Waals surface area contributed by atoms with E-state index in [4.69, 9.17) is 9.47 Å². The number of rotatable bonds is 10. The first-order valence-electron chi connectivity index (χ1n) is 16.9. The van der Waals surface area contributed by atoms with Crippen molar-refractivity contribution in [2.24, 2.45) is 5.41 Å². The molecule has 0 aliphatic carbocycles. The highest BCUT2D eigenvalue weighted by atomic mass is 19.1. The van der Waals surface area contributed by atoms with Gasteiger partial charge in [-0.15, -0.1) is 0 Å². The summed E-state index contributed by atoms with van der Waals surface area (Å²) in [4.78, 5) is 26.2. The highest BCUT2D eigenvalue weighted by Gasteiger charge is 2.43. The maximum Gasteiger partial charge on any atom is 0.404 e. The number of nitrogens with zero attached hydrogens (tertiary/aromatic N) is 1. The zero-order valence-electron chi connectivity index (χ0n) is 29.4. The van der Waals surface area contributed by atoms with Gasteiger partial charge in [0.15, 0.2) is 5.79 Å². The Balaban J connectivity index is 1.64. The van der Waals surface area contributed by atoms with Crippen molar-refractivity contribution in [3.8, 4) is 22.4 Å². The Morgan fingerprint density at radius 3 is 2.12 bits per heavy atom.